The summed E-state index contributed by atoms with van der Waals surface area (Å²) in [6.07, 6.45) is -3.50. The van der Waals surface area contributed by atoms with E-state index in [9.17, 15) is 21.6 Å². The first-order chi connectivity index (χ1) is 12.6. The van der Waals surface area contributed by atoms with Crippen LogP contribution < -0.4 is 14.8 Å². The lowest BCUT2D eigenvalue weighted by Crippen LogP contribution is -2.21. The number of sulfonamides is 1. The number of hydrogen-bond donors (Lipinski definition) is 2. The molecule has 2 N–H and O–H groups in total. The topological polar surface area (TPSA) is 67.4 Å². The van der Waals surface area contributed by atoms with Crippen LogP contribution in [0.2, 0.25) is 5.02 Å². The van der Waals surface area contributed by atoms with Crippen molar-refractivity contribution in [2.75, 3.05) is 17.8 Å². The van der Waals surface area contributed by atoms with E-state index in [0.29, 0.717) is 0 Å². The third-order valence-corrected chi connectivity index (χ3v) is 5.68. The van der Waals surface area contributed by atoms with Gasteiger partial charge < -0.3 is 10.1 Å². The molecule has 0 saturated heterocycles. The number of fused-ring (bicyclic) bond motifs is 1. The second-order valence-electron chi connectivity index (χ2n) is 5.98. The third kappa shape index (κ3) is 5.06. The fourth-order valence-electron chi connectivity index (χ4n) is 2.86. The molecule has 3 rings (SSSR count). The van der Waals surface area contributed by atoms with E-state index in [1.54, 1.807) is 12.1 Å². The Labute approximate surface area is 159 Å². The summed E-state index contributed by atoms with van der Waals surface area (Å²) < 4.78 is 69.3. The van der Waals surface area contributed by atoms with Gasteiger partial charge in [0.2, 0.25) is 0 Å². The van der Waals surface area contributed by atoms with Gasteiger partial charge in [0, 0.05) is 16.8 Å². The smallest absolute Gasteiger partial charge is 0.404 e. The summed E-state index contributed by atoms with van der Waals surface area (Å²) in [5.41, 5.74) is 2.36. The molecule has 0 aromatic heterocycles. The first-order valence-corrected chi connectivity index (χ1v) is 9.91. The number of nitrogens with one attached hydrogen (secondary N) is 2. The van der Waals surface area contributed by atoms with Crippen LogP contribution in [-0.2, 0) is 22.9 Å². The predicted molar refractivity (Wildman–Crippen MR) is 95.7 cm³/mol. The average molecular weight is 421 g/mol. The molecule has 0 unspecified atom stereocenters. The summed E-state index contributed by atoms with van der Waals surface area (Å²) in [4.78, 5) is -0.652. The molecule has 2 aromatic carbocycles. The number of hydrogen-bond acceptors (Lipinski definition) is 4. The molecule has 0 bridgehead atoms. The largest absolute Gasteiger partial charge is 0.573 e. The first kappa shape index (κ1) is 19.8. The van der Waals surface area contributed by atoms with Gasteiger partial charge in [-0.1, -0.05) is 17.7 Å². The highest BCUT2D eigenvalue weighted by Crippen LogP contribution is 2.33. The van der Waals surface area contributed by atoms with E-state index in [1.807, 2.05) is 6.07 Å². The maximum Gasteiger partial charge on any atom is 0.573 e. The molecule has 10 heteroatoms. The fraction of sp³-hybridized carbons (Fsp3) is 0.294. The highest BCUT2D eigenvalue weighted by atomic mass is 35.5. The lowest BCUT2D eigenvalue weighted by molar-refractivity contribution is -0.275. The van der Waals surface area contributed by atoms with Crippen LogP contribution in [-0.4, -0.2) is 27.9 Å². The van der Waals surface area contributed by atoms with Gasteiger partial charge in [0.05, 0.1) is 0 Å². The summed E-state index contributed by atoms with van der Waals surface area (Å²) in [6.45, 7) is 1.60. The molecule has 0 aliphatic carbocycles. The van der Waals surface area contributed by atoms with Crippen molar-refractivity contribution in [3.05, 3.63) is 52.5 Å². The van der Waals surface area contributed by atoms with Crippen LogP contribution in [0.4, 0.5) is 18.9 Å². The molecule has 27 heavy (non-hydrogen) atoms. The molecule has 0 saturated carbocycles. The van der Waals surface area contributed by atoms with Crippen LogP contribution in [0.1, 0.15) is 11.1 Å². The van der Waals surface area contributed by atoms with Gasteiger partial charge >= 0.3 is 6.36 Å². The molecular weight excluding hydrogens is 405 g/mol. The van der Waals surface area contributed by atoms with Crippen LogP contribution in [0.5, 0.6) is 5.75 Å². The minimum absolute atomic E-state index is 0.0780. The number of rotatable bonds is 4. The molecule has 1 aliphatic rings. The standard InChI is InChI=1S/C17H16ClF3N2O3S/c18-13-2-4-16(15(10-13)26-17(19,20)21)27(24,25)23-14-3-1-11-5-7-22-8-6-12(11)9-14/h1-4,9-10,22-23H,5-8H2. The molecule has 5 nitrogen and oxygen atoms in total. The highest BCUT2D eigenvalue weighted by Gasteiger charge is 2.34. The van der Waals surface area contributed by atoms with Crippen LogP contribution in [0.25, 0.3) is 0 Å². The second kappa shape index (κ2) is 7.57. The van der Waals surface area contributed by atoms with E-state index >= 15 is 0 Å². The second-order valence-corrected chi connectivity index (χ2v) is 8.07. The summed E-state index contributed by atoms with van der Waals surface area (Å²) >= 11 is 5.68. The molecule has 2 aromatic rings. The van der Waals surface area contributed by atoms with E-state index in [1.165, 1.54) is 6.07 Å². The van der Waals surface area contributed by atoms with Gasteiger partial charge in [0.1, 0.15) is 4.90 Å². The van der Waals surface area contributed by atoms with Crippen molar-refractivity contribution in [2.24, 2.45) is 0 Å². The van der Waals surface area contributed by atoms with E-state index in [0.717, 1.165) is 49.2 Å². The van der Waals surface area contributed by atoms with Crippen molar-refractivity contribution in [1.82, 2.24) is 5.32 Å². The molecule has 0 fully saturated rings. The Hall–Kier alpha value is -1.97. The zero-order valence-corrected chi connectivity index (χ0v) is 15.5. The average Bonchev–Trinajstić information content (AvgIpc) is 2.77. The van der Waals surface area contributed by atoms with Crippen molar-refractivity contribution in [3.8, 4) is 5.75 Å². The maximum atomic E-state index is 12.6. The van der Waals surface area contributed by atoms with Gasteiger partial charge in [-0.2, -0.15) is 0 Å². The van der Waals surface area contributed by atoms with Crippen LogP contribution in [0.15, 0.2) is 41.3 Å². The third-order valence-electron chi connectivity index (χ3n) is 4.02. The van der Waals surface area contributed by atoms with E-state index in [-0.39, 0.29) is 10.7 Å². The quantitative estimate of drug-likeness (QED) is 0.791. The van der Waals surface area contributed by atoms with Crippen molar-refractivity contribution in [1.29, 1.82) is 0 Å². The zero-order valence-electron chi connectivity index (χ0n) is 13.9. The van der Waals surface area contributed by atoms with Gasteiger partial charge in [0.15, 0.2) is 5.75 Å². The molecule has 0 atom stereocenters. The Morgan fingerprint density at radius 1 is 1.04 bits per heavy atom. The minimum atomic E-state index is -5.05. The van der Waals surface area contributed by atoms with E-state index in [4.69, 9.17) is 11.6 Å². The fourth-order valence-corrected chi connectivity index (χ4v) is 4.18. The molecule has 0 amide bonds. The van der Waals surface area contributed by atoms with Crippen LogP contribution in [0.3, 0.4) is 0 Å². The number of alkyl halides is 3. The molecule has 0 radical (unpaired) electrons. The summed E-state index contributed by atoms with van der Waals surface area (Å²) in [6, 6.07) is 8.06. The van der Waals surface area contributed by atoms with Crippen LogP contribution in [0, 0.1) is 0 Å². The number of ether oxygens (including phenoxy) is 1. The summed E-state index contributed by atoms with van der Waals surface area (Å²) in [5, 5.41) is 3.17. The van der Waals surface area contributed by atoms with Crippen molar-refractivity contribution in [2.45, 2.75) is 24.1 Å². The molecular formula is C17H16ClF3N2O3S. The summed E-state index contributed by atoms with van der Waals surface area (Å²) in [5.74, 6) is -0.888. The molecule has 1 aliphatic heterocycles. The van der Waals surface area contributed by atoms with Gasteiger partial charge in [-0.3, -0.25) is 4.72 Å². The van der Waals surface area contributed by atoms with Crippen molar-refractivity contribution >= 4 is 27.3 Å². The SMILES string of the molecule is O=S(=O)(Nc1ccc2c(c1)CCNCC2)c1ccc(Cl)cc1OC(F)(F)F. The Morgan fingerprint density at radius 3 is 2.44 bits per heavy atom. The maximum absolute atomic E-state index is 12.6. The predicted octanol–water partition coefficient (Wildman–Crippen LogP) is 3.73. The molecule has 0 spiro atoms. The van der Waals surface area contributed by atoms with E-state index < -0.39 is 27.0 Å². The Kier molecular flexibility index (Phi) is 5.55. The van der Waals surface area contributed by atoms with Gasteiger partial charge in [-0.15, -0.1) is 13.2 Å². The Morgan fingerprint density at radius 2 is 1.74 bits per heavy atom. The monoisotopic (exact) mass is 420 g/mol. The van der Waals surface area contributed by atoms with Crippen molar-refractivity contribution < 1.29 is 26.3 Å². The number of anilines is 1. The molecule has 1 heterocycles. The van der Waals surface area contributed by atoms with Gasteiger partial charge in [-0.05, 0) is 61.3 Å². The minimum Gasteiger partial charge on any atom is -0.404 e. The van der Waals surface area contributed by atoms with Crippen molar-refractivity contribution in [3.63, 3.8) is 0 Å². The van der Waals surface area contributed by atoms with Gasteiger partial charge in [0.25, 0.3) is 10.0 Å². The number of halogens is 4. The molecule has 146 valence electrons. The lowest BCUT2D eigenvalue weighted by Gasteiger charge is -2.15. The Balaban J connectivity index is 1.92. The van der Waals surface area contributed by atoms with E-state index in [2.05, 4.69) is 14.8 Å². The normalized spacial score (nSPS) is 15.0. The highest BCUT2D eigenvalue weighted by molar-refractivity contribution is 7.92. The number of benzene rings is 2. The Bertz CT molecular complexity index is 949. The first-order valence-electron chi connectivity index (χ1n) is 8.05. The zero-order chi connectivity index (χ0) is 19.7. The van der Waals surface area contributed by atoms with Crippen LogP contribution >= 0.6 is 11.6 Å². The lowest BCUT2D eigenvalue weighted by atomic mass is 10.0. The van der Waals surface area contributed by atoms with Gasteiger partial charge in [-0.25, -0.2) is 8.42 Å². The summed E-state index contributed by atoms with van der Waals surface area (Å²) in [7, 11) is -4.32.